The first-order chi connectivity index (χ1) is 18.8. The molecule has 3 atom stereocenters. The van der Waals surface area contributed by atoms with Crippen molar-refractivity contribution in [3.8, 4) is 0 Å². The summed E-state index contributed by atoms with van der Waals surface area (Å²) in [4.78, 5) is 54.7. The summed E-state index contributed by atoms with van der Waals surface area (Å²) in [7, 11) is 1.48. The highest BCUT2D eigenvalue weighted by molar-refractivity contribution is 6.03. The number of urea groups is 1. The zero-order chi connectivity index (χ0) is 27.6. The lowest BCUT2D eigenvalue weighted by atomic mass is 9.85. The summed E-state index contributed by atoms with van der Waals surface area (Å²) in [6.45, 7) is 2.45. The highest BCUT2D eigenvalue weighted by Gasteiger charge is 2.56. The smallest absolute Gasteiger partial charge is 0.411 e. The lowest BCUT2D eigenvalue weighted by molar-refractivity contribution is -0.134. The Hall–Kier alpha value is -4.40. The van der Waals surface area contributed by atoms with Crippen LogP contribution in [-0.2, 0) is 20.9 Å². The van der Waals surface area contributed by atoms with E-state index in [4.69, 9.17) is 4.74 Å². The van der Waals surface area contributed by atoms with Crippen LogP contribution in [0.1, 0.15) is 36.9 Å². The molecular formula is C30H32N4O5. The van der Waals surface area contributed by atoms with E-state index in [1.807, 2.05) is 67.6 Å². The molecule has 0 radical (unpaired) electrons. The lowest BCUT2D eigenvalue weighted by Crippen LogP contribution is -2.43. The Morgan fingerprint density at radius 1 is 1.08 bits per heavy atom. The fourth-order valence-electron chi connectivity index (χ4n) is 5.69. The van der Waals surface area contributed by atoms with Crippen LogP contribution in [0.3, 0.4) is 0 Å². The maximum absolute atomic E-state index is 13.7. The van der Waals surface area contributed by atoms with Gasteiger partial charge in [0.2, 0.25) is 5.91 Å². The maximum Gasteiger partial charge on any atom is 0.411 e. The molecule has 9 heteroatoms. The largest absolute Gasteiger partial charge is 0.436 e. The van der Waals surface area contributed by atoms with Gasteiger partial charge in [0.05, 0.1) is 18.3 Å². The monoisotopic (exact) mass is 528 g/mol. The van der Waals surface area contributed by atoms with Gasteiger partial charge in [-0.05, 0) is 42.5 Å². The molecule has 1 unspecified atom stereocenters. The van der Waals surface area contributed by atoms with E-state index in [0.717, 1.165) is 16.7 Å². The van der Waals surface area contributed by atoms with Gasteiger partial charge in [0.1, 0.15) is 6.54 Å². The zero-order valence-corrected chi connectivity index (χ0v) is 22.1. The number of Topliss-reactive ketones (excluding diaryl/α,β-unsaturated/α-hetero) is 1. The maximum atomic E-state index is 13.7. The van der Waals surface area contributed by atoms with Crippen molar-refractivity contribution in [2.24, 2.45) is 5.92 Å². The second-order valence-electron chi connectivity index (χ2n) is 10.2. The van der Waals surface area contributed by atoms with E-state index in [1.54, 1.807) is 17.1 Å². The molecule has 202 valence electrons. The van der Waals surface area contributed by atoms with E-state index >= 15 is 0 Å². The number of nitrogens with zero attached hydrogens (tertiary/aromatic N) is 2. The van der Waals surface area contributed by atoms with Crippen molar-refractivity contribution in [2.45, 2.75) is 38.0 Å². The van der Waals surface area contributed by atoms with Gasteiger partial charge in [-0.1, -0.05) is 66.7 Å². The van der Waals surface area contributed by atoms with Crippen LogP contribution in [-0.4, -0.2) is 59.4 Å². The number of allylic oxidation sites excluding steroid dienone is 3. The number of benzene rings is 2. The van der Waals surface area contributed by atoms with Crippen LogP contribution in [0.4, 0.5) is 9.59 Å². The predicted molar refractivity (Wildman–Crippen MR) is 144 cm³/mol. The summed E-state index contributed by atoms with van der Waals surface area (Å²) in [6, 6.07) is 18.9. The summed E-state index contributed by atoms with van der Waals surface area (Å²) in [5.74, 6) is -0.869. The number of ketones is 1. The predicted octanol–water partition coefficient (Wildman–Crippen LogP) is 3.70. The molecule has 39 heavy (non-hydrogen) atoms. The molecule has 2 fully saturated rings. The number of hydrogen-bond acceptors (Lipinski definition) is 5. The van der Waals surface area contributed by atoms with E-state index in [9.17, 15) is 19.2 Å². The molecule has 2 aromatic rings. The van der Waals surface area contributed by atoms with Gasteiger partial charge in [-0.15, -0.1) is 0 Å². The Morgan fingerprint density at radius 3 is 2.46 bits per heavy atom. The molecular weight excluding hydrogens is 496 g/mol. The average molecular weight is 529 g/mol. The Morgan fingerprint density at radius 2 is 1.77 bits per heavy atom. The standard InChI is InChI=1S/C30H32N4O5/c1-20(22-11-7-4-8-12-22)34(17-21-9-5-3-6-10-21)26(35)18-33-19-30(39-29(33)38)16-15-23-24(30)13-14-25(27(23)36)32-28(37)31-2/h3-14,20,23H,15-19H2,1-2H3,(H2,31,32,37)/t20-,23?,30-/m0/s1. The van der Waals surface area contributed by atoms with Crippen LogP contribution in [0.2, 0.25) is 0 Å². The van der Waals surface area contributed by atoms with Crippen LogP contribution in [0, 0.1) is 5.92 Å². The topological polar surface area (TPSA) is 108 Å². The van der Waals surface area contributed by atoms with Gasteiger partial charge in [0.15, 0.2) is 11.4 Å². The number of fused-ring (bicyclic) bond motifs is 2. The number of carbonyl (C=O) groups is 4. The van der Waals surface area contributed by atoms with Gasteiger partial charge in [0, 0.05) is 19.5 Å². The van der Waals surface area contributed by atoms with Crippen LogP contribution in [0.15, 0.2) is 84.1 Å². The van der Waals surface area contributed by atoms with Gasteiger partial charge in [-0.25, -0.2) is 9.59 Å². The van der Waals surface area contributed by atoms with Crippen molar-refractivity contribution in [2.75, 3.05) is 20.1 Å². The minimum atomic E-state index is -0.956. The molecule has 1 saturated carbocycles. The highest BCUT2D eigenvalue weighted by Crippen LogP contribution is 2.48. The number of carbonyl (C=O) groups excluding carboxylic acids is 4. The molecule has 9 nitrogen and oxygen atoms in total. The Bertz CT molecular complexity index is 1340. The van der Waals surface area contributed by atoms with Gasteiger partial charge in [0.25, 0.3) is 0 Å². The molecule has 2 N–H and O–H groups in total. The van der Waals surface area contributed by atoms with Crippen LogP contribution >= 0.6 is 0 Å². The molecule has 5 rings (SSSR count). The van der Waals surface area contributed by atoms with Crippen molar-refractivity contribution >= 4 is 23.8 Å². The third-order valence-electron chi connectivity index (χ3n) is 7.80. The normalized spacial score (nSPS) is 22.5. The molecule has 1 saturated heterocycles. The quantitative estimate of drug-likeness (QED) is 0.570. The summed E-state index contributed by atoms with van der Waals surface area (Å²) < 4.78 is 5.89. The van der Waals surface area contributed by atoms with E-state index in [1.165, 1.54) is 11.9 Å². The Balaban J connectivity index is 1.34. The number of rotatable bonds is 7. The summed E-state index contributed by atoms with van der Waals surface area (Å²) in [5, 5.41) is 5.00. The molecule has 0 bridgehead atoms. The van der Waals surface area contributed by atoms with Crippen molar-refractivity contribution in [3.63, 3.8) is 0 Å². The first-order valence-electron chi connectivity index (χ1n) is 13.1. The van der Waals surface area contributed by atoms with Crippen LogP contribution in [0.5, 0.6) is 0 Å². The van der Waals surface area contributed by atoms with Crippen molar-refractivity contribution in [1.29, 1.82) is 0 Å². The average Bonchev–Trinajstić information content (AvgIpc) is 3.47. The van der Waals surface area contributed by atoms with Gasteiger partial charge < -0.3 is 20.3 Å². The molecule has 1 heterocycles. The fourth-order valence-corrected chi connectivity index (χ4v) is 5.69. The number of hydrogen-bond donors (Lipinski definition) is 2. The van der Waals surface area contributed by atoms with E-state index in [0.29, 0.717) is 19.4 Å². The minimum Gasteiger partial charge on any atom is -0.436 e. The van der Waals surface area contributed by atoms with E-state index in [-0.39, 0.29) is 36.5 Å². The molecule has 2 aromatic carbocycles. The summed E-state index contributed by atoms with van der Waals surface area (Å²) in [5.41, 5.74) is 1.97. The third-order valence-corrected chi connectivity index (χ3v) is 7.80. The second kappa shape index (κ2) is 10.8. The van der Waals surface area contributed by atoms with Crippen LogP contribution in [0.25, 0.3) is 0 Å². The second-order valence-corrected chi connectivity index (χ2v) is 10.2. The molecule has 2 aliphatic carbocycles. The van der Waals surface area contributed by atoms with Crippen molar-refractivity contribution in [1.82, 2.24) is 20.4 Å². The van der Waals surface area contributed by atoms with Crippen LogP contribution < -0.4 is 10.6 Å². The fraction of sp³-hybridized carbons (Fsp3) is 0.333. The molecule has 1 spiro atoms. The lowest BCUT2D eigenvalue weighted by Gasteiger charge is -2.31. The number of ether oxygens (including phenoxy) is 1. The summed E-state index contributed by atoms with van der Waals surface area (Å²) in [6.07, 6.45) is 3.73. The summed E-state index contributed by atoms with van der Waals surface area (Å²) >= 11 is 0. The van der Waals surface area contributed by atoms with Gasteiger partial charge >= 0.3 is 12.1 Å². The van der Waals surface area contributed by atoms with Gasteiger partial charge in [-0.2, -0.15) is 0 Å². The Kier molecular flexibility index (Phi) is 7.24. The van der Waals surface area contributed by atoms with Crippen molar-refractivity contribution < 1.29 is 23.9 Å². The highest BCUT2D eigenvalue weighted by atomic mass is 16.6. The number of nitrogens with one attached hydrogen (secondary N) is 2. The molecule has 0 aromatic heterocycles. The minimum absolute atomic E-state index is 0.129. The molecule has 1 aliphatic heterocycles. The molecule has 4 amide bonds. The molecule has 3 aliphatic rings. The van der Waals surface area contributed by atoms with E-state index < -0.39 is 23.6 Å². The Labute approximate surface area is 227 Å². The SMILES string of the molecule is CNC(=O)NC1=CC=C2C(CC[C@]23CN(CC(=O)N(Cc2ccccc2)[C@@H](C)c2ccccc2)C(=O)O3)C1=O. The first kappa shape index (κ1) is 26.2. The van der Waals surface area contributed by atoms with Crippen molar-refractivity contribution in [3.05, 3.63) is 95.2 Å². The van der Waals surface area contributed by atoms with Gasteiger partial charge in [-0.3, -0.25) is 14.5 Å². The number of amides is 4. The first-order valence-corrected chi connectivity index (χ1v) is 13.1. The zero-order valence-electron chi connectivity index (χ0n) is 22.1. The third kappa shape index (κ3) is 5.16. The van der Waals surface area contributed by atoms with E-state index in [2.05, 4.69) is 10.6 Å².